The van der Waals surface area contributed by atoms with Crippen LogP contribution in [0.25, 0.3) is 0 Å². The number of nitrogens with two attached hydrogens (primary N) is 1. The number of esters is 1. The molecule has 0 radical (unpaired) electrons. The zero-order chi connectivity index (χ0) is 14.3. The maximum absolute atomic E-state index is 10.9. The van der Waals surface area contributed by atoms with Crippen LogP contribution in [0.3, 0.4) is 0 Å². The van der Waals surface area contributed by atoms with Gasteiger partial charge in [-0.15, -0.1) is 0 Å². The van der Waals surface area contributed by atoms with E-state index in [1.165, 1.54) is 13.1 Å². The zero-order valence-electron chi connectivity index (χ0n) is 10.7. The second-order valence-electron chi connectivity index (χ2n) is 3.47. The first kappa shape index (κ1) is 14.5. The highest BCUT2D eigenvalue weighted by Crippen LogP contribution is 2.28. The molecule has 0 spiro atoms. The molecule has 0 unspecified atom stereocenters. The molecule has 102 valence electrons. The molecule has 0 aliphatic carbocycles. The number of hydrazone groups is 1. The number of nitrogens with zero attached hydrogens (tertiary/aromatic N) is 1. The lowest BCUT2D eigenvalue weighted by molar-refractivity contribution is -0.132. The summed E-state index contributed by atoms with van der Waals surface area (Å²) in [6, 6.07) is 4.12. The van der Waals surface area contributed by atoms with Gasteiger partial charge in [-0.3, -0.25) is 4.79 Å². The van der Waals surface area contributed by atoms with E-state index in [0.29, 0.717) is 23.7 Å². The summed E-state index contributed by atoms with van der Waals surface area (Å²) in [7, 11) is 0. The quantitative estimate of drug-likeness (QED) is 0.359. The molecule has 0 saturated heterocycles. The van der Waals surface area contributed by atoms with Gasteiger partial charge < -0.3 is 15.2 Å². The van der Waals surface area contributed by atoms with E-state index in [9.17, 15) is 9.59 Å². The number of ether oxygens (including phenoxy) is 2. The molecule has 3 N–H and O–H groups in total. The number of carbonyl (C=O) groups excluding carboxylic acids is 2. The van der Waals surface area contributed by atoms with Gasteiger partial charge in [-0.1, -0.05) is 0 Å². The second-order valence-corrected chi connectivity index (χ2v) is 3.47. The first-order valence-electron chi connectivity index (χ1n) is 5.56. The Morgan fingerprint density at radius 3 is 2.74 bits per heavy atom. The number of carbonyl (C=O) groups is 2. The molecule has 1 rings (SSSR count). The minimum atomic E-state index is -0.752. The highest BCUT2D eigenvalue weighted by atomic mass is 16.6. The van der Waals surface area contributed by atoms with Crippen LogP contribution >= 0.6 is 0 Å². The predicted molar refractivity (Wildman–Crippen MR) is 69.2 cm³/mol. The minimum absolute atomic E-state index is 0.328. The SMILES string of the molecule is CCOc1cc(/C=N/NC(N)=O)ccc1OC(C)=O. The molecule has 0 aliphatic rings. The van der Waals surface area contributed by atoms with E-state index in [0.717, 1.165) is 0 Å². The molecule has 0 aromatic heterocycles. The molecule has 7 nitrogen and oxygen atoms in total. The van der Waals surface area contributed by atoms with Gasteiger partial charge in [0.25, 0.3) is 0 Å². The van der Waals surface area contributed by atoms with Gasteiger partial charge in [-0.05, 0) is 30.7 Å². The Hall–Kier alpha value is -2.57. The first-order chi connectivity index (χ1) is 9.02. The number of rotatable bonds is 5. The zero-order valence-corrected chi connectivity index (χ0v) is 10.7. The third-order valence-corrected chi connectivity index (χ3v) is 1.91. The molecule has 0 saturated carbocycles. The van der Waals surface area contributed by atoms with E-state index >= 15 is 0 Å². The highest BCUT2D eigenvalue weighted by molar-refractivity contribution is 5.83. The summed E-state index contributed by atoms with van der Waals surface area (Å²) in [4.78, 5) is 21.4. The summed E-state index contributed by atoms with van der Waals surface area (Å²) in [5.74, 6) is 0.313. The number of primary amides is 1. The van der Waals surface area contributed by atoms with Crippen LogP contribution in [0.5, 0.6) is 11.5 Å². The summed E-state index contributed by atoms with van der Waals surface area (Å²) >= 11 is 0. The van der Waals surface area contributed by atoms with Crippen molar-refractivity contribution in [3.05, 3.63) is 23.8 Å². The van der Waals surface area contributed by atoms with Crippen LogP contribution in [0.15, 0.2) is 23.3 Å². The lowest BCUT2D eigenvalue weighted by Crippen LogP contribution is -2.24. The molecule has 7 heteroatoms. The van der Waals surface area contributed by atoms with Crippen molar-refractivity contribution in [2.45, 2.75) is 13.8 Å². The Kier molecular flexibility index (Phi) is 5.34. The topological polar surface area (TPSA) is 103 Å². The van der Waals surface area contributed by atoms with Gasteiger partial charge in [-0.2, -0.15) is 5.10 Å². The van der Waals surface area contributed by atoms with Crippen LogP contribution in [-0.4, -0.2) is 24.8 Å². The van der Waals surface area contributed by atoms with Crippen molar-refractivity contribution < 1.29 is 19.1 Å². The Bertz CT molecular complexity index is 500. The molecule has 1 aromatic carbocycles. The van der Waals surface area contributed by atoms with Crippen LogP contribution in [0, 0.1) is 0 Å². The normalized spacial score (nSPS) is 10.2. The average molecular weight is 265 g/mol. The molecule has 0 fully saturated rings. The molecule has 0 heterocycles. The maximum Gasteiger partial charge on any atom is 0.332 e. The van der Waals surface area contributed by atoms with Crippen molar-refractivity contribution >= 4 is 18.2 Å². The lowest BCUT2D eigenvalue weighted by atomic mass is 10.2. The van der Waals surface area contributed by atoms with Gasteiger partial charge in [-0.25, -0.2) is 10.2 Å². The number of hydrogen-bond acceptors (Lipinski definition) is 5. The van der Waals surface area contributed by atoms with E-state index in [4.69, 9.17) is 15.2 Å². The van der Waals surface area contributed by atoms with Crippen molar-refractivity contribution in [1.82, 2.24) is 5.43 Å². The van der Waals surface area contributed by atoms with E-state index in [1.807, 2.05) is 6.92 Å². The van der Waals surface area contributed by atoms with E-state index in [1.54, 1.807) is 18.2 Å². The minimum Gasteiger partial charge on any atom is -0.490 e. The van der Waals surface area contributed by atoms with E-state index in [-0.39, 0.29) is 0 Å². The number of benzene rings is 1. The molecular weight excluding hydrogens is 250 g/mol. The molecule has 0 atom stereocenters. The van der Waals surface area contributed by atoms with Gasteiger partial charge in [0.1, 0.15) is 0 Å². The summed E-state index contributed by atoms with van der Waals surface area (Å²) in [5.41, 5.74) is 7.60. The Labute approximate surface area is 110 Å². The Morgan fingerprint density at radius 1 is 1.42 bits per heavy atom. The Morgan fingerprint density at radius 2 is 2.16 bits per heavy atom. The van der Waals surface area contributed by atoms with Crippen molar-refractivity contribution in [3.63, 3.8) is 0 Å². The van der Waals surface area contributed by atoms with Crippen LogP contribution in [-0.2, 0) is 4.79 Å². The summed E-state index contributed by atoms with van der Waals surface area (Å²) in [6.07, 6.45) is 1.39. The van der Waals surface area contributed by atoms with E-state index in [2.05, 4.69) is 10.5 Å². The van der Waals surface area contributed by atoms with Crippen LogP contribution in [0.1, 0.15) is 19.4 Å². The van der Waals surface area contributed by atoms with Gasteiger partial charge >= 0.3 is 12.0 Å². The van der Waals surface area contributed by atoms with Gasteiger partial charge in [0.15, 0.2) is 11.5 Å². The fourth-order valence-electron chi connectivity index (χ4n) is 1.28. The van der Waals surface area contributed by atoms with Gasteiger partial charge in [0.05, 0.1) is 12.8 Å². The third-order valence-electron chi connectivity index (χ3n) is 1.91. The van der Waals surface area contributed by atoms with Crippen molar-refractivity contribution in [1.29, 1.82) is 0 Å². The summed E-state index contributed by atoms with van der Waals surface area (Å²) in [5, 5.41) is 3.62. The van der Waals surface area contributed by atoms with E-state index < -0.39 is 12.0 Å². The smallest absolute Gasteiger partial charge is 0.332 e. The van der Waals surface area contributed by atoms with Crippen molar-refractivity contribution in [2.75, 3.05) is 6.61 Å². The highest BCUT2D eigenvalue weighted by Gasteiger charge is 2.07. The predicted octanol–water partition coefficient (Wildman–Crippen LogP) is 1.01. The van der Waals surface area contributed by atoms with Crippen molar-refractivity contribution in [2.24, 2.45) is 10.8 Å². The molecule has 2 amide bonds. The number of amides is 2. The van der Waals surface area contributed by atoms with Crippen LogP contribution < -0.4 is 20.6 Å². The van der Waals surface area contributed by atoms with Crippen LogP contribution in [0.4, 0.5) is 4.79 Å². The average Bonchev–Trinajstić information content (AvgIpc) is 2.31. The first-order valence-corrected chi connectivity index (χ1v) is 5.56. The molecule has 1 aromatic rings. The molecule has 19 heavy (non-hydrogen) atoms. The summed E-state index contributed by atoms with van der Waals surface area (Å²) < 4.78 is 10.4. The lowest BCUT2D eigenvalue weighted by Gasteiger charge is -2.09. The third kappa shape index (κ3) is 5.07. The molecular formula is C12H15N3O4. The molecule has 0 aliphatic heterocycles. The monoisotopic (exact) mass is 265 g/mol. The number of urea groups is 1. The summed E-state index contributed by atoms with van der Waals surface area (Å²) in [6.45, 7) is 3.54. The van der Waals surface area contributed by atoms with Gasteiger partial charge in [0.2, 0.25) is 0 Å². The largest absolute Gasteiger partial charge is 0.490 e. The molecule has 0 bridgehead atoms. The standard InChI is InChI=1S/C12H15N3O4/c1-3-18-11-6-9(7-14-15-12(13)17)4-5-10(11)19-8(2)16/h4-7H,3H2,1-2H3,(H3,13,15,17)/b14-7+. The fourth-order valence-corrected chi connectivity index (χ4v) is 1.28. The fraction of sp³-hybridized carbons (Fsp3) is 0.250. The second kappa shape index (κ2) is 7.00. The van der Waals surface area contributed by atoms with Crippen LogP contribution in [0.2, 0.25) is 0 Å². The Balaban J connectivity index is 2.91. The maximum atomic E-state index is 10.9. The van der Waals surface area contributed by atoms with Gasteiger partial charge in [0, 0.05) is 6.92 Å². The number of hydrogen-bond donors (Lipinski definition) is 2. The number of nitrogens with one attached hydrogen (secondary N) is 1. The van der Waals surface area contributed by atoms with Crippen molar-refractivity contribution in [3.8, 4) is 11.5 Å².